The van der Waals surface area contributed by atoms with E-state index in [2.05, 4.69) is 5.01 Å². The topological polar surface area (TPSA) is 15.6 Å². The standard InChI is InChI=1S/C21H35ClN2/c22-18-13-11-16(12-14-18)20-15-21(17-7-3-1-4-8-17)24(23-20)19-9-5-2-6-10-19/h16-19,21H,1-15H2. The number of rotatable bonds is 3. The van der Waals surface area contributed by atoms with Crippen LogP contribution < -0.4 is 0 Å². The SMILES string of the molecule is ClC1CCC(C2=NN(C3CCCCC3)C(C3CCCCC3)C2)CC1. The van der Waals surface area contributed by atoms with Crippen LogP contribution in [0.15, 0.2) is 5.10 Å². The molecule has 3 heteroatoms. The maximum atomic E-state index is 6.34. The second-order valence-corrected chi connectivity index (χ2v) is 9.50. The molecule has 0 radical (unpaired) electrons. The Morgan fingerprint density at radius 1 is 0.750 bits per heavy atom. The highest BCUT2D eigenvalue weighted by Crippen LogP contribution is 2.40. The van der Waals surface area contributed by atoms with Crippen LogP contribution in [0.3, 0.4) is 0 Å². The number of hydrogen-bond donors (Lipinski definition) is 0. The van der Waals surface area contributed by atoms with Gasteiger partial charge >= 0.3 is 0 Å². The zero-order valence-electron chi connectivity index (χ0n) is 15.3. The quantitative estimate of drug-likeness (QED) is 0.559. The van der Waals surface area contributed by atoms with Gasteiger partial charge in [0, 0.05) is 23.6 Å². The molecule has 1 atom stereocenters. The molecule has 3 fully saturated rings. The molecule has 0 saturated heterocycles. The van der Waals surface area contributed by atoms with Crippen LogP contribution in [0.1, 0.15) is 96.3 Å². The molecule has 0 bridgehead atoms. The molecule has 0 spiro atoms. The van der Waals surface area contributed by atoms with Crippen molar-refractivity contribution in [2.24, 2.45) is 16.9 Å². The lowest BCUT2D eigenvalue weighted by atomic mass is 9.78. The summed E-state index contributed by atoms with van der Waals surface area (Å²) in [6, 6.07) is 1.48. The van der Waals surface area contributed by atoms with Crippen molar-refractivity contribution in [3.05, 3.63) is 0 Å². The largest absolute Gasteiger partial charge is 0.290 e. The molecule has 0 aromatic carbocycles. The minimum absolute atomic E-state index is 0.423. The molecule has 136 valence electrons. The Labute approximate surface area is 153 Å². The van der Waals surface area contributed by atoms with Gasteiger partial charge in [0.05, 0.1) is 6.04 Å². The summed E-state index contributed by atoms with van der Waals surface area (Å²) in [6.07, 6.45) is 20.5. The Hall–Kier alpha value is -0.240. The van der Waals surface area contributed by atoms with Crippen molar-refractivity contribution in [1.82, 2.24) is 5.01 Å². The molecule has 3 aliphatic carbocycles. The summed E-state index contributed by atoms with van der Waals surface area (Å²) in [5, 5.41) is 8.40. The molecular weight excluding hydrogens is 316 g/mol. The Morgan fingerprint density at radius 2 is 1.38 bits per heavy atom. The van der Waals surface area contributed by atoms with E-state index in [0.717, 1.165) is 23.9 Å². The fourth-order valence-corrected chi connectivity index (χ4v) is 6.06. The molecule has 0 aromatic rings. The second-order valence-electron chi connectivity index (χ2n) is 8.88. The minimum atomic E-state index is 0.423. The van der Waals surface area contributed by atoms with Crippen LogP contribution in [0.25, 0.3) is 0 Å². The normalized spacial score (nSPS) is 36.8. The number of hydrazone groups is 1. The predicted octanol–water partition coefficient (Wildman–Crippen LogP) is 6.13. The van der Waals surface area contributed by atoms with Crippen LogP contribution in [-0.4, -0.2) is 28.2 Å². The monoisotopic (exact) mass is 350 g/mol. The molecule has 2 nitrogen and oxygen atoms in total. The fourth-order valence-electron chi connectivity index (χ4n) is 5.80. The molecule has 0 N–H and O–H groups in total. The minimum Gasteiger partial charge on any atom is -0.290 e. The Kier molecular flexibility index (Phi) is 5.71. The van der Waals surface area contributed by atoms with Gasteiger partial charge in [-0.25, -0.2) is 0 Å². The molecule has 1 heterocycles. The molecule has 4 aliphatic rings. The predicted molar refractivity (Wildman–Crippen MR) is 103 cm³/mol. The zero-order chi connectivity index (χ0) is 16.4. The third-order valence-corrected chi connectivity index (χ3v) is 7.71. The van der Waals surface area contributed by atoms with Gasteiger partial charge in [0.2, 0.25) is 0 Å². The lowest BCUT2D eigenvalue weighted by molar-refractivity contribution is 0.0764. The van der Waals surface area contributed by atoms with E-state index in [4.69, 9.17) is 16.7 Å². The molecular formula is C21H35ClN2. The van der Waals surface area contributed by atoms with Crippen molar-refractivity contribution in [1.29, 1.82) is 0 Å². The van der Waals surface area contributed by atoms with E-state index in [9.17, 15) is 0 Å². The van der Waals surface area contributed by atoms with E-state index >= 15 is 0 Å². The van der Waals surface area contributed by atoms with Crippen molar-refractivity contribution in [3.8, 4) is 0 Å². The highest BCUT2D eigenvalue weighted by atomic mass is 35.5. The summed E-state index contributed by atoms with van der Waals surface area (Å²) < 4.78 is 0. The van der Waals surface area contributed by atoms with Gasteiger partial charge in [0.25, 0.3) is 0 Å². The first-order valence-electron chi connectivity index (χ1n) is 10.8. The van der Waals surface area contributed by atoms with E-state index in [1.165, 1.54) is 96.3 Å². The smallest absolute Gasteiger partial charge is 0.0554 e. The molecule has 1 aliphatic heterocycles. The maximum Gasteiger partial charge on any atom is 0.0554 e. The molecule has 24 heavy (non-hydrogen) atoms. The van der Waals surface area contributed by atoms with Crippen molar-refractivity contribution in [2.75, 3.05) is 0 Å². The van der Waals surface area contributed by atoms with Gasteiger partial charge in [-0.2, -0.15) is 5.10 Å². The van der Waals surface area contributed by atoms with Gasteiger partial charge in [0.15, 0.2) is 0 Å². The average Bonchev–Trinajstić information content (AvgIpc) is 3.09. The first-order valence-corrected chi connectivity index (χ1v) is 11.2. The third-order valence-electron chi connectivity index (χ3n) is 7.27. The van der Waals surface area contributed by atoms with Gasteiger partial charge in [-0.1, -0.05) is 38.5 Å². The highest BCUT2D eigenvalue weighted by Gasteiger charge is 2.40. The van der Waals surface area contributed by atoms with Crippen molar-refractivity contribution in [2.45, 2.75) is 114 Å². The number of alkyl halides is 1. The zero-order valence-corrected chi connectivity index (χ0v) is 16.0. The van der Waals surface area contributed by atoms with Crippen LogP contribution in [0.4, 0.5) is 0 Å². The van der Waals surface area contributed by atoms with Crippen LogP contribution in [0.2, 0.25) is 0 Å². The molecule has 1 unspecified atom stereocenters. The highest BCUT2D eigenvalue weighted by molar-refractivity contribution is 6.20. The Bertz CT molecular complexity index is 429. The van der Waals surface area contributed by atoms with E-state index < -0.39 is 0 Å². The fraction of sp³-hybridized carbons (Fsp3) is 0.952. The summed E-state index contributed by atoms with van der Waals surface area (Å²) in [5.74, 6) is 1.64. The number of nitrogens with zero attached hydrogens (tertiary/aromatic N) is 2. The van der Waals surface area contributed by atoms with Gasteiger partial charge in [-0.3, -0.25) is 5.01 Å². The third kappa shape index (κ3) is 3.79. The van der Waals surface area contributed by atoms with E-state index in [1.807, 2.05) is 0 Å². The van der Waals surface area contributed by atoms with Gasteiger partial charge in [-0.05, 0) is 63.2 Å². The van der Waals surface area contributed by atoms with Gasteiger partial charge in [0.1, 0.15) is 0 Å². The van der Waals surface area contributed by atoms with Crippen molar-refractivity contribution >= 4 is 17.3 Å². The molecule has 4 rings (SSSR count). The van der Waals surface area contributed by atoms with Gasteiger partial charge in [-0.15, -0.1) is 11.6 Å². The Balaban J connectivity index is 1.48. The number of hydrogen-bond acceptors (Lipinski definition) is 2. The summed E-state index contributed by atoms with van der Waals surface area (Å²) in [5.41, 5.74) is 1.56. The molecule has 0 amide bonds. The maximum absolute atomic E-state index is 6.34. The van der Waals surface area contributed by atoms with Gasteiger partial charge < -0.3 is 0 Å². The first-order chi connectivity index (χ1) is 11.8. The Morgan fingerprint density at radius 3 is 2.04 bits per heavy atom. The van der Waals surface area contributed by atoms with Crippen LogP contribution in [-0.2, 0) is 0 Å². The lowest BCUT2D eigenvalue weighted by Crippen LogP contribution is -2.42. The summed E-state index contributed by atoms with van der Waals surface area (Å²) >= 11 is 6.34. The van der Waals surface area contributed by atoms with Crippen LogP contribution in [0, 0.1) is 11.8 Å². The summed E-state index contributed by atoms with van der Waals surface area (Å²) in [4.78, 5) is 0. The number of halogens is 1. The molecule has 3 saturated carbocycles. The van der Waals surface area contributed by atoms with Crippen LogP contribution >= 0.6 is 11.6 Å². The second kappa shape index (κ2) is 7.98. The van der Waals surface area contributed by atoms with Crippen molar-refractivity contribution < 1.29 is 0 Å². The first kappa shape index (κ1) is 17.2. The molecule has 0 aromatic heterocycles. The van der Waals surface area contributed by atoms with E-state index in [0.29, 0.717) is 5.38 Å². The average molecular weight is 351 g/mol. The van der Waals surface area contributed by atoms with E-state index in [1.54, 1.807) is 5.71 Å². The van der Waals surface area contributed by atoms with E-state index in [-0.39, 0.29) is 0 Å². The van der Waals surface area contributed by atoms with Crippen LogP contribution in [0.5, 0.6) is 0 Å². The lowest BCUT2D eigenvalue weighted by Gasteiger charge is -2.39. The summed E-state index contributed by atoms with van der Waals surface area (Å²) in [6.45, 7) is 0. The summed E-state index contributed by atoms with van der Waals surface area (Å²) in [7, 11) is 0. The van der Waals surface area contributed by atoms with Crippen molar-refractivity contribution in [3.63, 3.8) is 0 Å².